The van der Waals surface area contributed by atoms with Gasteiger partial charge in [0.1, 0.15) is 11.9 Å². The van der Waals surface area contributed by atoms with Crippen LogP contribution in [-0.2, 0) is 17.4 Å². The van der Waals surface area contributed by atoms with Crippen LogP contribution in [-0.4, -0.2) is 17.1 Å². The van der Waals surface area contributed by atoms with Crippen LogP contribution >= 0.6 is 0 Å². The van der Waals surface area contributed by atoms with Gasteiger partial charge in [-0.3, -0.25) is 4.79 Å². The zero-order chi connectivity index (χ0) is 17.7. The number of carbonyl (C=O) groups is 1. The second-order valence-corrected chi connectivity index (χ2v) is 5.61. The quantitative estimate of drug-likeness (QED) is 0.846. The van der Waals surface area contributed by atoms with E-state index in [4.69, 9.17) is 4.42 Å². The minimum absolute atomic E-state index is 0.0284. The van der Waals surface area contributed by atoms with Gasteiger partial charge >= 0.3 is 6.18 Å². The van der Waals surface area contributed by atoms with Gasteiger partial charge in [-0.15, -0.1) is 0 Å². The predicted molar refractivity (Wildman–Crippen MR) is 81.0 cm³/mol. The Labute approximate surface area is 137 Å². The lowest BCUT2D eigenvalue weighted by Gasteiger charge is -2.17. The Morgan fingerprint density at radius 3 is 2.46 bits per heavy atom. The summed E-state index contributed by atoms with van der Waals surface area (Å²) in [6.45, 7) is 1.73. The van der Waals surface area contributed by atoms with Crippen LogP contribution in [0, 0.1) is 0 Å². The summed E-state index contributed by atoms with van der Waals surface area (Å²) in [6, 6.07) is 7.45. The van der Waals surface area contributed by atoms with Gasteiger partial charge in [0.25, 0.3) is 0 Å². The number of amides is 1. The molecule has 1 amide bonds. The molecule has 2 rings (SSSR count). The van der Waals surface area contributed by atoms with Crippen molar-refractivity contribution in [3.05, 3.63) is 59.5 Å². The number of alkyl halides is 3. The Balaban J connectivity index is 1.84. The molecule has 1 heterocycles. The minimum atomic E-state index is -4.39. The van der Waals surface area contributed by atoms with Crippen molar-refractivity contribution < 1.29 is 27.5 Å². The van der Waals surface area contributed by atoms with Crippen LogP contribution in [0.4, 0.5) is 13.2 Å². The Hall–Kier alpha value is -2.28. The summed E-state index contributed by atoms with van der Waals surface area (Å²) < 4.78 is 42.5. The van der Waals surface area contributed by atoms with Gasteiger partial charge in [0.2, 0.25) is 5.91 Å². The summed E-state index contributed by atoms with van der Waals surface area (Å²) in [7, 11) is 0. The molecule has 0 fully saturated rings. The molecule has 0 aliphatic carbocycles. The second-order valence-electron chi connectivity index (χ2n) is 5.61. The van der Waals surface area contributed by atoms with E-state index >= 15 is 0 Å². The first kappa shape index (κ1) is 18.1. The molecule has 1 aromatic carbocycles. The van der Waals surface area contributed by atoms with Crippen molar-refractivity contribution in [2.24, 2.45) is 0 Å². The summed E-state index contributed by atoms with van der Waals surface area (Å²) in [5.74, 6) is 0.0905. The van der Waals surface area contributed by atoms with E-state index in [2.05, 4.69) is 5.32 Å². The number of aliphatic hydroxyl groups excluding tert-OH is 1. The third-order valence-electron chi connectivity index (χ3n) is 3.50. The Bertz CT molecular complexity index is 651. The van der Waals surface area contributed by atoms with Crippen molar-refractivity contribution in [1.82, 2.24) is 5.32 Å². The van der Waals surface area contributed by atoms with Crippen molar-refractivity contribution in [1.29, 1.82) is 0 Å². The monoisotopic (exact) mass is 341 g/mol. The summed E-state index contributed by atoms with van der Waals surface area (Å²) in [6.07, 6.45) is -3.53. The minimum Gasteiger partial charge on any atom is -0.467 e. The van der Waals surface area contributed by atoms with Crippen molar-refractivity contribution >= 4 is 5.91 Å². The third kappa shape index (κ3) is 5.13. The maximum absolute atomic E-state index is 12.5. The standard InChI is InChI=1S/C17H18F3NO3/c1-11(9-14(22)15-3-2-8-24-15)21-16(23)10-12-4-6-13(7-5-12)17(18,19)20/h2-8,11,14,22H,9-10H2,1H3,(H,21,23). The zero-order valence-electron chi connectivity index (χ0n) is 13.0. The maximum Gasteiger partial charge on any atom is 0.416 e. The van der Waals surface area contributed by atoms with E-state index < -0.39 is 17.8 Å². The first-order valence-corrected chi connectivity index (χ1v) is 7.42. The summed E-state index contributed by atoms with van der Waals surface area (Å²) in [5, 5.41) is 12.6. The van der Waals surface area contributed by atoms with E-state index in [9.17, 15) is 23.1 Å². The highest BCUT2D eigenvalue weighted by molar-refractivity contribution is 5.78. The highest BCUT2D eigenvalue weighted by Gasteiger charge is 2.30. The van der Waals surface area contributed by atoms with Crippen LogP contribution in [0.1, 0.15) is 36.3 Å². The molecule has 0 saturated heterocycles. The number of aliphatic hydroxyl groups is 1. The van der Waals surface area contributed by atoms with Gasteiger partial charge in [-0.25, -0.2) is 0 Å². The number of halogens is 3. The summed E-state index contributed by atoms with van der Waals surface area (Å²) in [5.41, 5.74) is -0.263. The highest BCUT2D eigenvalue weighted by Crippen LogP contribution is 2.29. The second kappa shape index (κ2) is 7.53. The number of furan rings is 1. The average molecular weight is 341 g/mol. The topological polar surface area (TPSA) is 62.5 Å². The number of nitrogens with one attached hydrogen (secondary N) is 1. The number of hydrogen-bond donors (Lipinski definition) is 2. The van der Waals surface area contributed by atoms with Crippen LogP contribution in [0.5, 0.6) is 0 Å². The molecule has 7 heteroatoms. The molecular weight excluding hydrogens is 323 g/mol. The Kier molecular flexibility index (Phi) is 5.66. The lowest BCUT2D eigenvalue weighted by atomic mass is 10.1. The molecule has 4 nitrogen and oxygen atoms in total. The largest absolute Gasteiger partial charge is 0.467 e. The molecule has 130 valence electrons. The van der Waals surface area contributed by atoms with E-state index in [-0.39, 0.29) is 24.8 Å². The van der Waals surface area contributed by atoms with Crippen LogP contribution < -0.4 is 5.32 Å². The van der Waals surface area contributed by atoms with E-state index in [1.165, 1.54) is 18.4 Å². The van der Waals surface area contributed by atoms with Gasteiger partial charge in [-0.1, -0.05) is 12.1 Å². The number of hydrogen-bond acceptors (Lipinski definition) is 3. The van der Waals surface area contributed by atoms with Gasteiger partial charge in [0.05, 0.1) is 18.2 Å². The SMILES string of the molecule is CC(CC(O)c1ccco1)NC(=O)Cc1ccc(C(F)(F)F)cc1. The van der Waals surface area contributed by atoms with Crippen LogP contribution in [0.25, 0.3) is 0 Å². The van der Waals surface area contributed by atoms with Crippen LogP contribution in [0.15, 0.2) is 47.1 Å². The highest BCUT2D eigenvalue weighted by atomic mass is 19.4. The molecule has 2 N–H and O–H groups in total. The van der Waals surface area contributed by atoms with E-state index in [1.807, 2.05) is 0 Å². The fourth-order valence-corrected chi connectivity index (χ4v) is 2.31. The lowest BCUT2D eigenvalue weighted by molar-refractivity contribution is -0.137. The van der Waals surface area contributed by atoms with E-state index in [0.29, 0.717) is 11.3 Å². The van der Waals surface area contributed by atoms with Crippen molar-refractivity contribution in [2.45, 2.75) is 38.1 Å². The van der Waals surface area contributed by atoms with Crippen molar-refractivity contribution in [3.8, 4) is 0 Å². The van der Waals surface area contributed by atoms with Gasteiger partial charge < -0.3 is 14.8 Å². The summed E-state index contributed by atoms with van der Waals surface area (Å²) in [4.78, 5) is 11.9. The maximum atomic E-state index is 12.5. The van der Waals surface area contributed by atoms with Crippen molar-refractivity contribution in [2.75, 3.05) is 0 Å². The predicted octanol–water partition coefficient (Wildman–Crippen LogP) is 3.47. The third-order valence-corrected chi connectivity index (χ3v) is 3.50. The Morgan fingerprint density at radius 1 is 1.25 bits per heavy atom. The van der Waals surface area contributed by atoms with Crippen LogP contribution in [0.3, 0.4) is 0 Å². The van der Waals surface area contributed by atoms with Gasteiger partial charge in [-0.05, 0) is 36.8 Å². The molecule has 0 radical (unpaired) electrons. The number of benzene rings is 1. The average Bonchev–Trinajstić information content (AvgIpc) is 3.00. The molecule has 0 aliphatic heterocycles. The molecular formula is C17H18F3NO3. The number of rotatable bonds is 6. The van der Waals surface area contributed by atoms with Crippen molar-refractivity contribution in [3.63, 3.8) is 0 Å². The van der Waals surface area contributed by atoms with E-state index in [1.54, 1.807) is 19.1 Å². The van der Waals surface area contributed by atoms with E-state index in [0.717, 1.165) is 12.1 Å². The zero-order valence-corrected chi connectivity index (χ0v) is 13.0. The molecule has 0 saturated carbocycles. The molecule has 2 atom stereocenters. The normalized spacial score (nSPS) is 14.2. The number of carbonyl (C=O) groups excluding carboxylic acids is 1. The molecule has 24 heavy (non-hydrogen) atoms. The molecule has 2 unspecified atom stereocenters. The lowest BCUT2D eigenvalue weighted by Crippen LogP contribution is -2.34. The fourth-order valence-electron chi connectivity index (χ4n) is 2.31. The van der Waals surface area contributed by atoms with Gasteiger partial charge in [0.15, 0.2) is 0 Å². The molecule has 2 aromatic rings. The molecule has 0 aliphatic rings. The molecule has 1 aromatic heterocycles. The molecule has 0 bridgehead atoms. The van der Waals surface area contributed by atoms with Gasteiger partial charge in [-0.2, -0.15) is 13.2 Å². The Morgan fingerprint density at radius 2 is 1.92 bits per heavy atom. The smallest absolute Gasteiger partial charge is 0.416 e. The first-order chi connectivity index (χ1) is 11.3. The summed E-state index contributed by atoms with van der Waals surface area (Å²) >= 11 is 0. The van der Waals surface area contributed by atoms with Gasteiger partial charge in [0, 0.05) is 12.5 Å². The van der Waals surface area contributed by atoms with Crippen LogP contribution in [0.2, 0.25) is 0 Å². The fraction of sp³-hybridized carbons (Fsp3) is 0.353. The first-order valence-electron chi connectivity index (χ1n) is 7.42. The molecule has 0 spiro atoms.